The normalized spacial score (nSPS) is 10.6. The van der Waals surface area contributed by atoms with E-state index in [1.54, 1.807) is 24.3 Å². The van der Waals surface area contributed by atoms with E-state index in [4.69, 9.17) is 0 Å². The predicted octanol–water partition coefficient (Wildman–Crippen LogP) is 4.62. The molecule has 0 unspecified atom stereocenters. The molecule has 0 saturated heterocycles. The van der Waals surface area contributed by atoms with E-state index in [0.29, 0.717) is 11.1 Å². The number of Topliss-reactive ketones (excluding diaryl/α,β-unsaturated/α-hetero) is 2. The monoisotopic (exact) mass is 384 g/mol. The Morgan fingerprint density at radius 1 is 0.909 bits per heavy atom. The molecule has 0 radical (unpaired) electrons. The molecule has 2 rings (SSSR count). The van der Waals surface area contributed by atoms with E-state index < -0.39 is 4.39 Å². The average Bonchev–Trinajstić information content (AvgIpc) is 2.56. The summed E-state index contributed by atoms with van der Waals surface area (Å²) in [5, 5.41) is 0. The third-order valence-electron chi connectivity index (χ3n) is 2.93. The molecule has 0 atom stereocenters. The molecule has 0 aliphatic heterocycles. The van der Waals surface area contributed by atoms with Crippen molar-refractivity contribution in [3.63, 3.8) is 0 Å². The van der Waals surface area contributed by atoms with Gasteiger partial charge in [0.05, 0.1) is 0 Å². The van der Waals surface area contributed by atoms with E-state index in [9.17, 15) is 9.59 Å². The second kappa shape index (κ2) is 7.98. The molecular formula is C19H18O2Pd. The fraction of sp³-hybridized carbons (Fsp3) is 0.158. The molecule has 116 valence electrons. The van der Waals surface area contributed by atoms with Gasteiger partial charge < -0.3 is 0 Å². The van der Waals surface area contributed by atoms with Gasteiger partial charge >= 0.3 is 139 Å². The van der Waals surface area contributed by atoms with Crippen molar-refractivity contribution in [3.05, 3.63) is 83.9 Å². The van der Waals surface area contributed by atoms with Gasteiger partial charge in [-0.1, -0.05) is 0 Å². The van der Waals surface area contributed by atoms with Gasteiger partial charge in [-0.3, -0.25) is 0 Å². The molecule has 0 spiro atoms. The summed E-state index contributed by atoms with van der Waals surface area (Å²) in [5.74, 6) is -0.186. The first kappa shape index (κ1) is 16.6. The third kappa shape index (κ3) is 4.34. The van der Waals surface area contributed by atoms with Crippen molar-refractivity contribution in [2.75, 3.05) is 0 Å². The van der Waals surface area contributed by atoms with E-state index in [1.807, 2.05) is 43.3 Å². The Morgan fingerprint density at radius 2 is 1.32 bits per heavy atom. The number of carbonyl (C=O) groups excluding carboxylic acids is 2. The summed E-state index contributed by atoms with van der Waals surface area (Å²) in [6, 6.07) is 18.1. The maximum absolute atomic E-state index is 12.7. The van der Waals surface area contributed by atoms with Crippen LogP contribution in [0, 0.1) is 0 Å². The van der Waals surface area contributed by atoms with Gasteiger partial charge in [0, 0.05) is 0 Å². The summed E-state index contributed by atoms with van der Waals surface area (Å²) in [6.45, 7) is 5.81. The van der Waals surface area contributed by atoms with Gasteiger partial charge in [0.2, 0.25) is 0 Å². The van der Waals surface area contributed by atoms with Crippen molar-refractivity contribution >= 4 is 11.6 Å². The summed E-state index contributed by atoms with van der Waals surface area (Å²) in [7, 11) is 0. The van der Waals surface area contributed by atoms with E-state index >= 15 is 0 Å². The Morgan fingerprint density at radius 3 is 1.68 bits per heavy atom. The van der Waals surface area contributed by atoms with Gasteiger partial charge in [-0.05, 0) is 0 Å². The molecule has 22 heavy (non-hydrogen) atoms. The SMILES string of the molecule is C=C(C)[CH2][Pd][CH](C(=O)c1ccccc1)C(=O)c1ccccc1. The van der Waals surface area contributed by atoms with Gasteiger partial charge in [0.1, 0.15) is 0 Å². The number of carbonyl (C=O) groups is 2. The number of benzene rings is 2. The van der Waals surface area contributed by atoms with Crippen LogP contribution in [-0.4, -0.2) is 11.6 Å². The molecule has 0 N–H and O–H groups in total. The second-order valence-electron chi connectivity index (χ2n) is 4.99. The third-order valence-corrected chi connectivity index (χ3v) is 5.63. The molecule has 2 aromatic carbocycles. The Hall–Kier alpha value is -1.82. The van der Waals surface area contributed by atoms with Crippen LogP contribution >= 0.6 is 0 Å². The molecule has 0 heterocycles. The number of hydrogen-bond acceptors (Lipinski definition) is 2. The molecule has 3 heteroatoms. The van der Waals surface area contributed by atoms with E-state index in [-0.39, 0.29) is 29.5 Å². The van der Waals surface area contributed by atoms with Gasteiger partial charge in [0.25, 0.3) is 0 Å². The zero-order valence-corrected chi connectivity index (χ0v) is 14.0. The molecule has 2 nitrogen and oxygen atoms in total. The van der Waals surface area contributed by atoms with Crippen molar-refractivity contribution in [1.29, 1.82) is 0 Å². The van der Waals surface area contributed by atoms with Crippen LogP contribution in [0.3, 0.4) is 0 Å². The van der Waals surface area contributed by atoms with Crippen LogP contribution in [0.1, 0.15) is 27.6 Å². The molecule has 0 aromatic heterocycles. The maximum atomic E-state index is 12.7. The van der Waals surface area contributed by atoms with Crippen LogP contribution in [-0.2, 0) is 18.0 Å². The first-order valence-corrected chi connectivity index (χ1v) is 8.92. The van der Waals surface area contributed by atoms with Crippen LogP contribution in [0.25, 0.3) is 0 Å². The molecule has 0 saturated carbocycles. The van der Waals surface area contributed by atoms with Crippen LogP contribution in [0.15, 0.2) is 72.8 Å². The Balaban J connectivity index is 2.28. The summed E-state index contributed by atoms with van der Waals surface area (Å²) in [6.07, 6.45) is 0. The molecule has 0 aliphatic carbocycles. The van der Waals surface area contributed by atoms with Crippen molar-refractivity contribution in [2.45, 2.75) is 16.2 Å². The Labute approximate surface area is 139 Å². The minimum atomic E-state index is -0.601. The topological polar surface area (TPSA) is 34.1 Å². The zero-order chi connectivity index (χ0) is 15.9. The van der Waals surface area contributed by atoms with Crippen molar-refractivity contribution in [2.24, 2.45) is 0 Å². The number of ketones is 2. The zero-order valence-electron chi connectivity index (χ0n) is 12.4. The van der Waals surface area contributed by atoms with Gasteiger partial charge in [-0.2, -0.15) is 0 Å². The molecule has 0 aliphatic rings. The molecule has 0 amide bonds. The predicted molar refractivity (Wildman–Crippen MR) is 84.9 cm³/mol. The fourth-order valence-electron chi connectivity index (χ4n) is 1.89. The summed E-state index contributed by atoms with van der Waals surface area (Å²) < 4.78 is -0.601. The van der Waals surface area contributed by atoms with Gasteiger partial charge in [0.15, 0.2) is 0 Å². The van der Waals surface area contributed by atoms with Gasteiger partial charge in [-0.15, -0.1) is 0 Å². The Kier molecular flexibility index (Phi) is 6.01. The molecule has 0 fully saturated rings. The van der Waals surface area contributed by atoms with Crippen molar-refractivity contribution < 1.29 is 27.6 Å². The van der Waals surface area contributed by atoms with Crippen molar-refractivity contribution in [3.8, 4) is 0 Å². The van der Waals surface area contributed by atoms with E-state index in [1.165, 1.54) is 0 Å². The van der Waals surface area contributed by atoms with Crippen molar-refractivity contribution in [1.82, 2.24) is 0 Å². The van der Waals surface area contributed by atoms with Crippen LogP contribution in [0.5, 0.6) is 0 Å². The number of rotatable bonds is 7. The van der Waals surface area contributed by atoms with Crippen LogP contribution < -0.4 is 0 Å². The van der Waals surface area contributed by atoms with E-state index in [2.05, 4.69) is 6.58 Å². The summed E-state index contributed by atoms with van der Waals surface area (Å²) >= 11 is -0.00724. The number of hydrogen-bond donors (Lipinski definition) is 0. The fourth-order valence-corrected chi connectivity index (χ4v) is 3.84. The average molecular weight is 385 g/mol. The van der Waals surface area contributed by atoms with Gasteiger partial charge in [-0.25, -0.2) is 0 Å². The summed E-state index contributed by atoms with van der Waals surface area (Å²) in [5.41, 5.74) is 2.19. The molecular weight excluding hydrogens is 367 g/mol. The van der Waals surface area contributed by atoms with Crippen LogP contribution in [0.4, 0.5) is 0 Å². The number of allylic oxidation sites excluding steroid dienone is 1. The Bertz CT molecular complexity index is 611. The molecule has 2 aromatic rings. The minimum absolute atomic E-state index is 0.00724. The van der Waals surface area contributed by atoms with Crippen LogP contribution in [0.2, 0.25) is 9.28 Å². The van der Waals surface area contributed by atoms with E-state index in [0.717, 1.165) is 10.5 Å². The first-order chi connectivity index (χ1) is 10.6. The molecule has 0 bridgehead atoms. The second-order valence-corrected chi connectivity index (χ2v) is 7.07. The summed E-state index contributed by atoms with van der Waals surface area (Å²) in [4.78, 5) is 26.2. The first-order valence-electron chi connectivity index (χ1n) is 6.92. The standard InChI is InChI=1S/C15H11O2.C4H7.Pd/c16-14(12-7-3-1-4-8-12)11-15(17)13-9-5-2-6-10-13;1-4(2)3;/h1-11H;1-2H2,3H3;. The quantitative estimate of drug-likeness (QED) is 0.302.